The quantitative estimate of drug-likeness (QED) is 0.569. The molecule has 0 saturated heterocycles. The summed E-state index contributed by atoms with van der Waals surface area (Å²) < 4.78 is 0. The summed E-state index contributed by atoms with van der Waals surface area (Å²) in [5.41, 5.74) is 2.13. The lowest BCUT2D eigenvalue weighted by Crippen LogP contribution is -1.97. The number of H-pyrrole nitrogens is 2. The molecule has 0 saturated carbocycles. The lowest BCUT2D eigenvalue weighted by atomic mass is 10.1. The van der Waals surface area contributed by atoms with Crippen LogP contribution in [0.1, 0.15) is 5.82 Å². The number of aromatic nitrogens is 3. The van der Waals surface area contributed by atoms with Crippen LogP contribution in [-0.2, 0) is 0 Å². The summed E-state index contributed by atoms with van der Waals surface area (Å²) in [6.45, 7) is 1.97. The van der Waals surface area contributed by atoms with E-state index >= 15 is 0 Å². The molecule has 14 heavy (non-hydrogen) atoms. The van der Waals surface area contributed by atoms with Crippen molar-refractivity contribution in [2.75, 3.05) is 0 Å². The maximum atomic E-state index is 4.47. The van der Waals surface area contributed by atoms with E-state index in [2.05, 4.69) is 33.2 Å². The van der Waals surface area contributed by atoms with Crippen molar-refractivity contribution in [3.8, 4) is 0 Å². The Kier molecular flexibility index (Phi) is 1.36. The first-order valence-electron chi connectivity index (χ1n) is 4.60. The molecule has 68 valence electrons. The average molecular weight is 184 g/mol. The van der Waals surface area contributed by atoms with Crippen molar-refractivity contribution >= 4 is 21.8 Å². The van der Waals surface area contributed by atoms with Gasteiger partial charge in [0, 0.05) is 6.07 Å². The third-order valence-electron chi connectivity index (χ3n) is 2.43. The Morgan fingerprint density at radius 2 is 2.21 bits per heavy atom. The third kappa shape index (κ3) is 0.923. The van der Waals surface area contributed by atoms with Gasteiger partial charge in [-0.15, -0.1) is 0 Å². The van der Waals surface area contributed by atoms with E-state index in [0.29, 0.717) is 0 Å². The monoisotopic (exact) mass is 184 g/mol. The summed E-state index contributed by atoms with van der Waals surface area (Å²) in [5.74, 6) is 0.955. The fraction of sp³-hybridized carbons (Fsp3) is 0.0909. The Labute approximate surface area is 80.8 Å². The van der Waals surface area contributed by atoms with Gasteiger partial charge in [-0.25, -0.2) is 9.97 Å². The highest BCUT2D eigenvalue weighted by atomic mass is 14.9. The van der Waals surface area contributed by atoms with Gasteiger partial charge in [-0.2, -0.15) is 0 Å². The van der Waals surface area contributed by atoms with Gasteiger partial charge in [-0.1, -0.05) is 6.07 Å². The second-order valence-electron chi connectivity index (χ2n) is 3.43. The maximum Gasteiger partial charge on any atom is 0.177 e. The zero-order chi connectivity index (χ0) is 9.54. The van der Waals surface area contributed by atoms with Crippen LogP contribution in [0.4, 0.5) is 0 Å². The van der Waals surface area contributed by atoms with Crippen LogP contribution < -0.4 is 4.98 Å². The number of benzene rings is 1. The molecule has 1 aromatic carbocycles. The number of hydrogen-bond acceptors (Lipinski definition) is 1. The van der Waals surface area contributed by atoms with E-state index in [-0.39, 0.29) is 0 Å². The zero-order valence-corrected chi connectivity index (χ0v) is 7.83. The fourth-order valence-corrected chi connectivity index (χ4v) is 1.80. The number of nitrogens with zero attached hydrogens (tertiary/aromatic N) is 1. The molecule has 2 N–H and O–H groups in total. The zero-order valence-electron chi connectivity index (χ0n) is 7.83. The van der Waals surface area contributed by atoms with E-state index < -0.39 is 0 Å². The molecule has 3 aromatic rings. The molecule has 2 aromatic heterocycles. The largest absolute Gasteiger partial charge is 0.342 e. The molecule has 0 aliphatic carbocycles. The standard InChI is InChI=1S/C11H9N3/c1-7-13-10-3-2-8-4-5-12-6-9(8)11(10)14-7/h2-6H,1H3,(H,13,14)/p+1. The number of imidazole rings is 1. The molecule has 0 aliphatic heterocycles. The highest BCUT2D eigenvalue weighted by Gasteiger charge is 2.05. The number of pyridine rings is 1. The lowest BCUT2D eigenvalue weighted by Gasteiger charge is -1.93. The van der Waals surface area contributed by atoms with Gasteiger partial charge in [0.25, 0.3) is 0 Å². The predicted molar refractivity (Wildman–Crippen MR) is 54.9 cm³/mol. The highest BCUT2D eigenvalue weighted by Crippen LogP contribution is 2.21. The van der Waals surface area contributed by atoms with Crippen LogP contribution >= 0.6 is 0 Å². The molecule has 3 heteroatoms. The van der Waals surface area contributed by atoms with Gasteiger partial charge in [0.1, 0.15) is 11.3 Å². The molecule has 0 fully saturated rings. The molecule has 0 atom stereocenters. The number of aryl methyl sites for hydroxylation is 1. The van der Waals surface area contributed by atoms with Gasteiger partial charge in [0.05, 0.1) is 10.9 Å². The molecule has 0 unspecified atom stereocenters. The Hall–Kier alpha value is -1.90. The molecular weight excluding hydrogens is 174 g/mol. The molecule has 0 radical (unpaired) electrons. The minimum atomic E-state index is 0.955. The first-order valence-corrected chi connectivity index (χ1v) is 4.60. The van der Waals surface area contributed by atoms with Crippen molar-refractivity contribution in [1.82, 2.24) is 9.97 Å². The Bertz CT molecular complexity index is 610. The second-order valence-corrected chi connectivity index (χ2v) is 3.43. The summed E-state index contributed by atoms with van der Waals surface area (Å²) in [6, 6.07) is 6.22. The average Bonchev–Trinajstić information content (AvgIpc) is 2.59. The second kappa shape index (κ2) is 2.54. The molecule has 0 bridgehead atoms. The van der Waals surface area contributed by atoms with Crippen LogP contribution in [0.3, 0.4) is 0 Å². The third-order valence-corrected chi connectivity index (χ3v) is 2.43. The van der Waals surface area contributed by atoms with E-state index in [1.165, 1.54) is 5.39 Å². The number of rotatable bonds is 0. The van der Waals surface area contributed by atoms with E-state index in [9.17, 15) is 0 Å². The Morgan fingerprint density at radius 3 is 3.14 bits per heavy atom. The van der Waals surface area contributed by atoms with Crippen LogP contribution in [0, 0.1) is 6.92 Å². The first kappa shape index (κ1) is 7.50. The molecule has 0 amide bonds. The summed E-state index contributed by atoms with van der Waals surface area (Å²) >= 11 is 0. The van der Waals surface area contributed by atoms with Crippen LogP contribution in [0.15, 0.2) is 30.6 Å². The van der Waals surface area contributed by atoms with E-state index in [1.807, 2.05) is 19.3 Å². The van der Waals surface area contributed by atoms with Gasteiger partial charge in [0.15, 0.2) is 12.4 Å². The molecule has 3 nitrogen and oxygen atoms in total. The molecule has 3 rings (SSSR count). The van der Waals surface area contributed by atoms with Crippen LogP contribution in [0.5, 0.6) is 0 Å². The van der Waals surface area contributed by atoms with Gasteiger partial charge < -0.3 is 4.98 Å². The molecule has 0 spiro atoms. The normalized spacial score (nSPS) is 11.2. The lowest BCUT2D eigenvalue weighted by molar-refractivity contribution is -0.375. The summed E-state index contributed by atoms with van der Waals surface area (Å²) in [4.78, 5) is 10.8. The number of hydrogen-bond donors (Lipinski definition) is 1. The van der Waals surface area contributed by atoms with Crippen molar-refractivity contribution in [1.29, 1.82) is 0 Å². The maximum absolute atomic E-state index is 4.47. The number of fused-ring (bicyclic) bond motifs is 3. The summed E-state index contributed by atoms with van der Waals surface area (Å²) in [7, 11) is 0. The number of aromatic amines is 2. The Balaban J connectivity index is 2.60. The molecule has 0 aliphatic rings. The molecule has 2 heterocycles. The highest BCUT2D eigenvalue weighted by molar-refractivity contribution is 6.03. The Morgan fingerprint density at radius 1 is 1.29 bits per heavy atom. The summed E-state index contributed by atoms with van der Waals surface area (Å²) in [6.07, 6.45) is 3.91. The summed E-state index contributed by atoms with van der Waals surface area (Å²) in [5, 5.41) is 2.37. The van der Waals surface area contributed by atoms with Gasteiger partial charge in [0.2, 0.25) is 0 Å². The predicted octanol–water partition coefficient (Wildman–Crippen LogP) is 1.84. The van der Waals surface area contributed by atoms with Crippen molar-refractivity contribution in [2.24, 2.45) is 0 Å². The van der Waals surface area contributed by atoms with E-state index in [0.717, 1.165) is 22.2 Å². The minimum absolute atomic E-state index is 0.955. The minimum Gasteiger partial charge on any atom is -0.342 e. The van der Waals surface area contributed by atoms with Gasteiger partial charge >= 0.3 is 0 Å². The topological polar surface area (TPSA) is 42.8 Å². The van der Waals surface area contributed by atoms with E-state index in [4.69, 9.17) is 0 Å². The van der Waals surface area contributed by atoms with E-state index in [1.54, 1.807) is 0 Å². The van der Waals surface area contributed by atoms with Crippen LogP contribution in [-0.4, -0.2) is 9.97 Å². The van der Waals surface area contributed by atoms with Gasteiger partial charge in [-0.3, -0.25) is 0 Å². The smallest absolute Gasteiger partial charge is 0.177 e. The van der Waals surface area contributed by atoms with Crippen molar-refractivity contribution in [3.63, 3.8) is 0 Å². The van der Waals surface area contributed by atoms with Gasteiger partial charge in [-0.05, 0) is 18.4 Å². The van der Waals surface area contributed by atoms with Crippen molar-refractivity contribution in [3.05, 3.63) is 36.4 Å². The fourth-order valence-electron chi connectivity index (χ4n) is 1.80. The molecular formula is C11H10N3+. The van der Waals surface area contributed by atoms with Crippen LogP contribution in [0.25, 0.3) is 21.8 Å². The first-order chi connectivity index (χ1) is 6.84. The van der Waals surface area contributed by atoms with Crippen molar-refractivity contribution < 1.29 is 4.98 Å². The van der Waals surface area contributed by atoms with Crippen molar-refractivity contribution in [2.45, 2.75) is 6.92 Å². The number of nitrogens with one attached hydrogen (secondary N) is 2. The SMILES string of the molecule is Cc1nc2c(ccc3cc[nH+]cc32)[nH]1. The van der Waals surface area contributed by atoms with Crippen LogP contribution in [0.2, 0.25) is 0 Å².